The minimum absolute atomic E-state index is 0.0374. The molecule has 0 spiro atoms. The summed E-state index contributed by atoms with van der Waals surface area (Å²) in [5.74, 6) is -0.234. The lowest BCUT2D eigenvalue weighted by Crippen LogP contribution is -2.42. The van der Waals surface area contributed by atoms with Crippen LogP contribution >= 0.6 is 11.3 Å². The van der Waals surface area contributed by atoms with Crippen molar-refractivity contribution in [1.29, 1.82) is 0 Å². The number of nitrogens with zero attached hydrogens (tertiary/aromatic N) is 3. The topological polar surface area (TPSA) is 72.1 Å². The summed E-state index contributed by atoms with van der Waals surface area (Å²) < 4.78 is 14.1. The molecule has 18 heavy (non-hydrogen) atoms. The number of primary amides is 1. The number of fused-ring (bicyclic) bond motifs is 1. The fraction of sp³-hybridized carbons (Fsp3) is 0.364. The normalized spacial score (nSPS) is 23.7. The predicted molar refractivity (Wildman–Crippen MR) is 67.3 cm³/mol. The van der Waals surface area contributed by atoms with E-state index < -0.39 is 11.6 Å². The van der Waals surface area contributed by atoms with Gasteiger partial charge in [-0.3, -0.25) is 4.79 Å². The predicted octanol–water partition coefficient (Wildman–Crippen LogP) is 1.09. The molecule has 0 aliphatic carbocycles. The number of hydrogen-bond acceptors (Lipinski definition) is 5. The highest BCUT2D eigenvalue weighted by Gasteiger charge is 2.44. The van der Waals surface area contributed by atoms with Crippen molar-refractivity contribution in [3.05, 3.63) is 17.8 Å². The quantitative estimate of drug-likeness (QED) is 0.883. The Morgan fingerprint density at radius 3 is 3.11 bits per heavy atom. The van der Waals surface area contributed by atoms with Crippen LogP contribution in [0.1, 0.15) is 6.42 Å². The zero-order valence-electron chi connectivity index (χ0n) is 9.47. The Bertz CT molecular complexity index is 616. The first-order valence-corrected chi connectivity index (χ1v) is 6.40. The van der Waals surface area contributed by atoms with Crippen LogP contribution in [0.5, 0.6) is 0 Å². The van der Waals surface area contributed by atoms with Gasteiger partial charge in [0, 0.05) is 13.0 Å². The lowest BCUT2D eigenvalue weighted by Gasteiger charge is -2.19. The molecular weight excluding hydrogens is 255 g/mol. The van der Waals surface area contributed by atoms with Crippen LogP contribution in [0.15, 0.2) is 17.8 Å². The second-order valence-corrected chi connectivity index (χ2v) is 5.23. The summed E-state index contributed by atoms with van der Waals surface area (Å²) >= 11 is 1.50. The molecule has 2 aromatic rings. The van der Waals surface area contributed by atoms with Gasteiger partial charge in [0.1, 0.15) is 17.0 Å². The van der Waals surface area contributed by atoms with E-state index in [4.69, 9.17) is 5.73 Å². The third-order valence-electron chi connectivity index (χ3n) is 3.20. The van der Waals surface area contributed by atoms with Crippen molar-refractivity contribution < 1.29 is 9.18 Å². The van der Waals surface area contributed by atoms with Crippen LogP contribution in [0.2, 0.25) is 0 Å². The molecule has 3 rings (SSSR count). The molecule has 1 amide bonds. The number of halogens is 1. The van der Waals surface area contributed by atoms with Gasteiger partial charge in [-0.15, -0.1) is 11.3 Å². The fourth-order valence-corrected chi connectivity index (χ4v) is 2.91. The molecule has 1 aliphatic rings. The molecule has 1 unspecified atom stereocenters. The van der Waals surface area contributed by atoms with Gasteiger partial charge >= 0.3 is 0 Å². The van der Waals surface area contributed by atoms with Gasteiger partial charge in [-0.1, -0.05) is 0 Å². The van der Waals surface area contributed by atoms with Crippen LogP contribution < -0.4 is 10.6 Å². The van der Waals surface area contributed by atoms with Gasteiger partial charge < -0.3 is 10.6 Å². The summed E-state index contributed by atoms with van der Waals surface area (Å²) in [6, 6.07) is 1.90. The molecule has 0 radical (unpaired) electrons. The lowest BCUT2D eigenvalue weighted by atomic mass is 10.1. The van der Waals surface area contributed by atoms with Crippen LogP contribution in [0, 0.1) is 0 Å². The Balaban J connectivity index is 1.98. The van der Waals surface area contributed by atoms with Gasteiger partial charge in [-0.25, -0.2) is 14.4 Å². The fourth-order valence-electron chi connectivity index (χ4n) is 2.18. The van der Waals surface area contributed by atoms with Crippen LogP contribution in [0.4, 0.5) is 10.2 Å². The molecule has 1 saturated heterocycles. The van der Waals surface area contributed by atoms with Gasteiger partial charge in [0.2, 0.25) is 5.67 Å². The average molecular weight is 266 g/mol. The van der Waals surface area contributed by atoms with Crippen LogP contribution in [-0.2, 0) is 4.79 Å². The third-order valence-corrected chi connectivity index (χ3v) is 4.02. The van der Waals surface area contributed by atoms with Crippen molar-refractivity contribution >= 4 is 33.3 Å². The van der Waals surface area contributed by atoms with Gasteiger partial charge in [0.15, 0.2) is 0 Å². The molecule has 1 atom stereocenters. The molecular formula is C11H11FN4OS. The lowest BCUT2D eigenvalue weighted by molar-refractivity contribution is -0.128. The summed E-state index contributed by atoms with van der Waals surface area (Å²) in [5.41, 5.74) is 3.14. The number of aromatic nitrogens is 2. The second kappa shape index (κ2) is 3.88. The first-order chi connectivity index (χ1) is 8.60. The average Bonchev–Trinajstić information content (AvgIpc) is 2.95. The van der Waals surface area contributed by atoms with E-state index in [0.717, 1.165) is 10.2 Å². The van der Waals surface area contributed by atoms with Crippen molar-refractivity contribution in [2.75, 3.05) is 18.0 Å². The van der Waals surface area contributed by atoms with Crippen molar-refractivity contribution in [2.45, 2.75) is 12.1 Å². The van der Waals surface area contributed by atoms with E-state index in [1.807, 2.05) is 11.4 Å². The van der Waals surface area contributed by atoms with Crippen molar-refractivity contribution in [3.63, 3.8) is 0 Å². The summed E-state index contributed by atoms with van der Waals surface area (Å²) in [5, 5.41) is 2.80. The molecule has 1 fully saturated rings. The Kier molecular flexibility index (Phi) is 2.44. The van der Waals surface area contributed by atoms with E-state index in [9.17, 15) is 9.18 Å². The van der Waals surface area contributed by atoms with Gasteiger partial charge in [-0.2, -0.15) is 0 Å². The molecule has 2 aromatic heterocycles. The molecule has 0 aromatic carbocycles. The Labute approximate surface area is 106 Å². The van der Waals surface area contributed by atoms with Crippen molar-refractivity contribution in [1.82, 2.24) is 9.97 Å². The summed E-state index contributed by atoms with van der Waals surface area (Å²) in [6.45, 7) is 0.395. The highest BCUT2D eigenvalue weighted by Crippen LogP contribution is 2.33. The third kappa shape index (κ3) is 1.62. The number of carbonyl (C=O) groups excluding carboxylic acids is 1. The van der Waals surface area contributed by atoms with E-state index in [0.29, 0.717) is 12.4 Å². The largest absolute Gasteiger partial charge is 0.367 e. The number of thiophene rings is 1. The number of nitrogens with two attached hydrogens (primary N) is 1. The number of hydrogen-bond donors (Lipinski definition) is 1. The molecule has 0 bridgehead atoms. The van der Waals surface area contributed by atoms with Crippen LogP contribution in [0.25, 0.3) is 10.2 Å². The van der Waals surface area contributed by atoms with E-state index in [1.165, 1.54) is 17.7 Å². The Hall–Kier alpha value is -1.76. The number of alkyl halides is 1. The number of anilines is 1. The summed E-state index contributed by atoms with van der Waals surface area (Å²) in [7, 11) is 0. The molecule has 94 valence electrons. The molecule has 7 heteroatoms. The maximum atomic E-state index is 14.1. The van der Waals surface area contributed by atoms with Crippen LogP contribution in [-0.4, -0.2) is 34.6 Å². The monoisotopic (exact) mass is 266 g/mol. The minimum Gasteiger partial charge on any atom is -0.367 e. The Morgan fingerprint density at radius 1 is 1.56 bits per heavy atom. The highest BCUT2D eigenvalue weighted by molar-refractivity contribution is 7.16. The molecule has 2 N–H and O–H groups in total. The number of carbonyl (C=O) groups is 1. The standard InChI is InChI=1S/C11H11FN4OS/c12-11(10(13)17)2-3-16(5-11)8-7-1-4-18-9(7)15-6-14-8/h1,4,6H,2-3,5H2,(H2,13,17). The molecule has 3 heterocycles. The van der Waals surface area contributed by atoms with Gasteiger partial charge in [0.25, 0.3) is 5.91 Å². The maximum absolute atomic E-state index is 14.1. The zero-order valence-corrected chi connectivity index (χ0v) is 10.3. The summed E-state index contributed by atoms with van der Waals surface area (Å²) in [6.07, 6.45) is 1.56. The van der Waals surface area contributed by atoms with Crippen molar-refractivity contribution in [2.24, 2.45) is 5.73 Å². The Morgan fingerprint density at radius 2 is 2.39 bits per heavy atom. The first kappa shape index (κ1) is 11.3. The van der Waals surface area contributed by atoms with Gasteiger partial charge in [0.05, 0.1) is 11.9 Å². The minimum atomic E-state index is -1.95. The van der Waals surface area contributed by atoms with E-state index in [1.54, 1.807) is 4.90 Å². The number of rotatable bonds is 2. The van der Waals surface area contributed by atoms with E-state index >= 15 is 0 Å². The zero-order chi connectivity index (χ0) is 12.8. The van der Waals surface area contributed by atoms with Crippen LogP contribution in [0.3, 0.4) is 0 Å². The number of amides is 1. The summed E-state index contributed by atoms with van der Waals surface area (Å²) in [4.78, 5) is 22.0. The highest BCUT2D eigenvalue weighted by atomic mass is 32.1. The second-order valence-electron chi connectivity index (χ2n) is 4.34. The molecule has 5 nitrogen and oxygen atoms in total. The van der Waals surface area contributed by atoms with Gasteiger partial charge in [-0.05, 0) is 11.4 Å². The molecule has 0 saturated carbocycles. The van der Waals surface area contributed by atoms with Crippen molar-refractivity contribution in [3.8, 4) is 0 Å². The maximum Gasteiger partial charge on any atom is 0.257 e. The first-order valence-electron chi connectivity index (χ1n) is 5.52. The molecule has 1 aliphatic heterocycles. The smallest absolute Gasteiger partial charge is 0.257 e. The van der Waals surface area contributed by atoms with E-state index in [2.05, 4.69) is 9.97 Å². The SMILES string of the molecule is NC(=O)C1(F)CCN(c2ncnc3sccc23)C1. The van der Waals surface area contributed by atoms with E-state index in [-0.39, 0.29) is 13.0 Å².